The van der Waals surface area contributed by atoms with E-state index in [1.165, 1.54) is 0 Å². The van der Waals surface area contributed by atoms with Crippen molar-refractivity contribution in [2.45, 2.75) is 82.6 Å². The van der Waals surface area contributed by atoms with Crippen molar-refractivity contribution in [1.29, 1.82) is 0 Å². The Hall–Kier alpha value is -1.10. The van der Waals surface area contributed by atoms with Gasteiger partial charge in [0.1, 0.15) is 0 Å². The summed E-state index contributed by atoms with van der Waals surface area (Å²) < 4.78 is -0.234. The van der Waals surface area contributed by atoms with Crippen LogP contribution >= 0.6 is 0 Å². The molecule has 0 atom stereocenters. The number of rotatable bonds is 2. The van der Waals surface area contributed by atoms with Gasteiger partial charge in [0, 0.05) is 12.8 Å². The summed E-state index contributed by atoms with van der Waals surface area (Å²) in [5.74, 6) is -0.891. The van der Waals surface area contributed by atoms with Crippen LogP contribution in [0, 0.1) is 0 Å². The molecule has 126 valence electrons. The number of carboxylic acid groups (broad SMARTS) is 2. The molecule has 2 rings (SSSR count). The van der Waals surface area contributed by atoms with Gasteiger partial charge in [-0.25, -0.2) is 9.28 Å². The Balaban J connectivity index is 2.42. The molecule has 1 saturated heterocycles. The molecule has 0 aromatic carbocycles. The van der Waals surface area contributed by atoms with Crippen molar-refractivity contribution in [1.82, 2.24) is 0 Å². The van der Waals surface area contributed by atoms with Gasteiger partial charge < -0.3 is 10.2 Å². The van der Waals surface area contributed by atoms with Crippen molar-refractivity contribution in [3.63, 3.8) is 0 Å². The number of nitrogens with zero attached hydrogens (tertiary/aromatic N) is 1. The summed E-state index contributed by atoms with van der Waals surface area (Å²) in [5.41, 5.74) is -1.12. The lowest BCUT2D eigenvalue weighted by Gasteiger charge is -2.48. The molecule has 5 nitrogen and oxygen atoms in total. The zero-order chi connectivity index (χ0) is 16.1. The van der Waals surface area contributed by atoms with Gasteiger partial charge in [0.2, 0.25) is 5.54 Å². The van der Waals surface area contributed by atoms with E-state index >= 15 is 0 Å². The minimum Gasteiger partial charge on any atom is -0.477 e. The zero-order valence-corrected chi connectivity index (χ0v) is 13.6. The quantitative estimate of drug-likeness (QED) is 0.755. The molecule has 2 N–H and O–H groups in total. The number of carbonyl (C=O) groups is 2. The molecule has 2 aliphatic rings. The molecule has 1 heterocycles. The first kappa shape index (κ1) is 17.3. The smallest absolute Gasteiger partial charge is 0.477 e. The van der Waals surface area contributed by atoms with E-state index in [1.807, 2.05) is 0 Å². The highest BCUT2D eigenvalue weighted by Gasteiger charge is 2.60. The van der Waals surface area contributed by atoms with Gasteiger partial charge in [-0.1, -0.05) is 25.7 Å². The SMILES string of the molecule is O=C(O)C1([N+]2(C(=O)O)CCCCCCC2)CCCCCCC1. The number of carboxylic acids is 1. The summed E-state index contributed by atoms with van der Waals surface area (Å²) in [4.78, 5) is 24.5. The molecule has 0 radical (unpaired) electrons. The van der Waals surface area contributed by atoms with E-state index in [1.54, 1.807) is 0 Å². The third-order valence-corrected chi connectivity index (χ3v) is 5.84. The van der Waals surface area contributed by atoms with Crippen LogP contribution in [-0.4, -0.2) is 45.4 Å². The summed E-state index contributed by atoms with van der Waals surface area (Å²) in [6.07, 6.45) is 9.76. The third kappa shape index (κ3) is 3.14. The molecule has 1 aliphatic carbocycles. The Morgan fingerprint density at radius 1 is 0.682 bits per heavy atom. The zero-order valence-electron chi connectivity index (χ0n) is 13.6. The van der Waals surface area contributed by atoms with Crippen molar-refractivity contribution in [3.8, 4) is 0 Å². The molecule has 1 aliphatic heterocycles. The number of hydrogen-bond donors (Lipinski definition) is 2. The Labute approximate surface area is 132 Å². The van der Waals surface area contributed by atoms with Crippen molar-refractivity contribution >= 4 is 12.1 Å². The molecule has 1 saturated carbocycles. The standard InChI is InChI=1S/C17H29NO4/c19-15(20)17(11-7-3-1-4-8-12-17)18(16(21)22)13-9-5-2-6-10-14-18/h1-14H2,(H-,19,20,21,22)/p+1. The minimum atomic E-state index is -1.12. The summed E-state index contributed by atoms with van der Waals surface area (Å²) in [6.45, 7) is 0.948. The molecule has 22 heavy (non-hydrogen) atoms. The van der Waals surface area contributed by atoms with E-state index in [2.05, 4.69) is 0 Å². The highest BCUT2D eigenvalue weighted by Crippen LogP contribution is 2.40. The normalized spacial score (nSPS) is 26.0. The summed E-state index contributed by atoms with van der Waals surface area (Å²) >= 11 is 0. The van der Waals surface area contributed by atoms with E-state index in [9.17, 15) is 19.8 Å². The number of hydrogen-bond acceptors (Lipinski definition) is 2. The largest absolute Gasteiger partial charge is 0.514 e. The average Bonchev–Trinajstić information content (AvgIpc) is 2.39. The lowest BCUT2D eigenvalue weighted by molar-refractivity contribution is -0.902. The highest BCUT2D eigenvalue weighted by atomic mass is 16.4. The summed E-state index contributed by atoms with van der Waals surface area (Å²) in [7, 11) is 0. The number of likely N-dealkylation sites (tertiary alicyclic amines) is 1. The molecule has 0 spiro atoms. The van der Waals surface area contributed by atoms with Gasteiger partial charge in [0.25, 0.3) is 0 Å². The van der Waals surface area contributed by atoms with Crippen LogP contribution in [0.4, 0.5) is 4.79 Å². The van der Waals surface area contributed by atoms with E-state index < -0.39 is 17.6 Å². The van der Waals surface area contributed by atoms with Crippen LogP contribution in [0.25, 0.3) is 0 Å². The van der Waals surface area contributed by atoms with Gasteiger partial charge in [0.15, 0.2) is 0 Å². The van der Waals surface area contributed by atoms with E-state index in [4.69, 9.17) is 0 Å². The summed E-state index contributed by atoms with van der Waals surface area (Å²) in [6, 6.07) is 0. The number of quaternary nitrogens is 1. The molecule has 2 fully saturated rings. The second-order valence-electron chi connectivity index (χ2n) is 7.07. The maximum absolute atomic E-state index is 12.3. The Kier molecular flexibility index (Phi) is 5.84. The molecule has 5 heteroatoms. The van der Waals surface area contributed by atoms with E-state index in [-0.39, 0.29) is 4.48 Å². The lowest BCUT2D eigenvalue weighted by Crippen LogP contribution is -2.71. The van der Waals surface area contributed by atoms with Gasteiger partial charge in [-0.2, -0.15) is 4.79 Å². The van der Waals surface area contributed by atoms with Crippen LogP contribution in [0.5, 0.6) is 0 Å². The van der Waals surface area contributed by atoms with Gasteiger partial charge in [-0.3, -0.25) is 0 Å². The Morgan fingerprint density at radius 3 is 1.50 bits per heavy atom. The fourth-order valence-electron chi connectivity index (χ4n) is 4.52. The fraction of sp³-hybridized carbons (Fsp3) is 0.882. The number of amides is 1. The van der Waals surface area contributed by atoms with Crippen LogP contribution in [0.1, 0.15) is 77.0 Å². The first-order chi connectivity index (χ1) is 10.6. The molecular weight excluding hydrogens is 282 g/mol. The molecule has 0 aromatic rings. The van der Waals surface area contributed by atoms with E-state index in [0.717, 1.165) is 64.2 Å². The maximum atomic E-state index is 12.3. The first-order valence-electron chi connectivity index (χ1n) is 8.89. The topological polar surface area (TPSA) is 74.6 Å². The van der Waals surface area contributed by atoms with Gasteiger partial charge in [0.05, 0.1) is 13.1 Å². The second-order valence-corrected chi connectivity index (χ2v) is 7.07. The predicted molar refractivity (Wildman–Crippen MR) is 83.8 cm³/mol. The van der Waals surface area contributed by atoms with Gasteiger partial charge in [-0.15, -0.1) is 0 Å². The predicted octanol–water partition coefficient (Wildman–Crippen LogP) is 4.01. The lowest BCUT2D eigenvalue weighted by atomic mass is 9.79. The molecule has 0 bridgehead atoms. The highest BCUT2D eigenvalue weighted by molar-refractivity contribution is 5.79. The van der Waals surface area contributed by atoms with Crippen LogP contribution < -0.4 is 0 Å². The third-order valence-electron chi connectivity index (χ3n) is 5.84. The van der Waals surface area contributed by atoms with Crippen molar-refractivity contribution in [3.05, 3.63) is 0 Å². The summed E-state index contributed by atoms with van der Waals surface area (Å²) in [5, 5.41) is 20.1. The first-order valence-corrected chi connectivity index (χ1v) is 8.89. The molecule has 0 aromatic heterocycles. The minimum absolute atomic E-state index is 0.234. The average molecular weight is 312 g/mol. The second kappa shape index (κ2) is 7.44. The van der Waals surface area contributed by atoms with Crippen LogP contribution in [0.3, 0.4) is 0 Å². The van der Waals surface area contributed by atoms with Crippen molar-refractivity contribution in [2.75, 3.05) is 13.1 Å². The van der Waals surface area contributed by atoms with Crippen LogP contribution in [0.15, 0.2) is 0 Å². The van der Waals surface area contributed by atoms with Gasteiger partial charge in [-0.05, 0) is 38.5 Å². The van der Waals surface area contributed by atoms with Crippen LogP contribution in [0.2, 0.25) is 0 Å². The molecule has 0 unspecified atom stereocenters. The Bertz CT molecular complexity index is 353. The maximum Gasteiger partial charge on any atom is 0.514 e. The number of aliphatic carboxylic acids is 1. The Morgan fingerprint density at radius 2 is 1.09 bits per heavy atom. The molecular formula is C17H30NO4+. The van der Waals surface area contributed by atoms with Crippen LogP contribution in [-0.2, 0) is 4.79 Å². The monoisotopic (exact) mass is 312 g/mol. The van der Waals surface area contributed by atoms with Crippen molar-refractivity contribution in [2.24, 2.45) is 0 Å². The van der Waals surface area contributed by atoms with E-state index in [0.29, 0.717) is 25.9 Å². The van der Waals surface area contributed by atoms with Gasteiger partial charge >= 0.3 is 12.1 Å². The van der Waals surface area contributed by atoms with Crippen molar-refractivity contribution < 1.29 is 24.3 Å². The fourth-order valence-corrected chi connectivity index (χ4v) is 4.52. The molecule has 1 amide bonds.